The van der Waals surface area contributed by atoms with Crippen LogP contribution in [-0.4, -0.2) is 81.1 Å². The normalized spacial score (nSPS) is 16.2. The van der Waals surface area contributed by atoms with E-state index in [-0.39, 0.29) is 23.0 Å². The predicted molar refractivity (Wildman–Crippen MR) is 170 cm³/mol. The molecule has 1 fully saturated rings. The van der Waals surface area contributed by atoms with Crippen molar-refractivity contribution in [2.75, 3.05) is 49.6 Å². The second-order valence-corrected chi connectivity index (χ2v) is 12.7. The number of benzene rings is 1. The van der Waals surface area contributed by atoms with Crippen molar-refractivity contribution in [3.63, 3.8) is 0 Å². The lowest BCUT2D eigenvalue weighted by Crippen LogP contribution is -2.40. The molecule has 3 aromatic rings. The standard InChI is InChI=1S/C31H37ClF3N7O5/c1-5-23-25(39-11-6-12-40(14-13-39)29(45)47-30(2,3)4)27(44)42-28(37-26(38-42)19-9-15-46-16-10-19)41(23)18-24(43)36-22-8-7-20(17-21(22)32)31(33,34)35/h7-9,17H,5-6,10-16,18H2,1-4H3,(H,36,43). The van der Waals surface area contributed by atoms with Crippen LogP contribution in [0.3, 0.4) is 0 Å². The highest BCUT2D eigenvalue weighted by Crippen LogP contribution is 2.34. The predicted octanol–water partition coefficient (Wildman–Crippen LogP) is 5.02. The topological polar surface area (TPSA) is 123 Å². The molecule has 0 aliphatic carbocycles. The van der Waals surface area contributed by atoms with E-state index in [0.29, 0.717) is 75.9 Å². The van der Waals surface area contributed by atoms with Crippen molar-refractivity contribution < 1.29 is 32.2 Å². The summed E-state index contributed by atoms with van der Waals surface area (Å²) < 4.78 is 53.2. The van der Waals surface area contributed by atoms with E-state index in [1.54, 1.807) is 30.2 Å². The fraction of sp³-hybridized carbons (Fsp3) is 0.516. The summed E-state index contributed by atoms with van der Waals surface area (Å²) >= 11 is 6.11. The van der Waals surface area contributed by atoms with Crippen LogP contribution < -0.4 is 15.8 Å². The molecule has 254 valence electrons. The zero-order chi connectivity index (χ0) is 34.1. The first-order valence-corrected chi connectivity index (χ1v) is 15.7. The van der Waals surface area contributed by atoms with Crippen molar-refractivity contribution in [3.8, 4) is 0 Å². The molecule has 0 bridgehead atoms. The summed E-state index contributed by atoms with van der Waals surface area (Å²) in [7, 11) is 0. The van der Waals surface area contributed by atoms with Gasteiger partial charge >= 0.3 is 12.3 Å². The van der Waals surface area contributed by atoms with E-state index in [1.807, 2.05) is 17.9 Å². The molecule has 12 nitrogen and oxygen atoms in total. The van der Waals surface area contributed by atoms with E-state index < -0.39 is 34.9 Å². The monoisotopic (exact) mass is 679 g/mol. The second kappa shape index (κ2) is 13.6. The summed E-state index contributed by atoms with van der Waals surface area (Å²) in [6, 6.07) is 2.67. The summed E-state index contributed by atoms with van der Waals surface area (Å²) in [5.74, 6) is -0.131. The number of hydrogen-bond donors (Lipinski definition) is 1. The van der Waals surface area contributed by atoms with Gasteiger partial charge in [0, 0.05) is 26.2 Å². The summed E-state index contributed by atoms with van der Waals surface area (Å²) in [5, 5.41) is 6.87. The van der Waals surface area contributed by atoms with Gasteiger partial charge in [-0.15, -0.1) is 5.10 Å². The van der Waals surface area contributed by atoms with Crippen molar-refractivity contribution in [1.29, 1.82) is 0 Å². The molecule has 5 rings (SSSR count). The van der Waals surface area contributed by atoms with Gasteiger partial charge in [-0.3, -0.25) is 9.59 Å². The van der Waals surface area contributed by atoms with Gasteiger partial charge in [0.05, 0.1) is 35.2 Å². The Bertz CT molecular complexity index is 1760. The summed E-state index contributed by atoms with van der Waals surface area (Å²) in [4.78, 5) is 48.6. The van der Waals surface area contributed by atoms with Gasteiger partial charge in [-0.25, -0.2) is 4.79 Å². The molecule has 0 spiro atoms. The van der Waals surface area contributed by atoms with Crippen LogP contribution in [0.2, 0.25) is 5.02 Å². The Hall–Kier alpha value is -4.11. The molecular formula is C31H37ClF3N7O5. The molecule has 0 saturated carbocycles. The molecule has 2 aliphatic rings. The lowest BCUT2D eigenvalue weighted by molar-refractivity contribution is -0.137. The Labute approximate surface area is 274 Å². The van der Waals surface area contributed by atoms with Crippen LogP contribution in [0.1, 0.15) is 57.6 Å². The van der Waals surface area contributed by atoms with E-state index in [0.717, 1.165) is 23.8 Å². The quantitative estimate of drug-likeness (QED) is 0.386. The maximum absolute atomic E-state index is 14.2. The van der Waals surface area contributed by atoms with Gasteiger partial charge in [-0.2, -0.15) is 22.7 Å². The number of carbonyl (C=O) groups is 2. The number of ether oxygens (including phenoxy) is 2. The molecule has 0 radical (unpaired) electrons. The van der Waals surface area contributed by atoms with E-state index in [1.165, 1.54) is 4.52 Å². The Kier molecular flexibility index (Phi) is 9.87. The Morgan fingerprint density at radius 1 is 1.13 bits per heavy atom. The number of nitrogens with one attached hydrogen (secondary N) is 1. The zero-order valence-corrected chi connectivity index (χ0v) is 27.4. The van der Waals surface area contributed by atoms with E-state index in [4.69, 9.17) is 21.1 Å². The zero-order valence-electron chi connectivity index (χ0n) is 26.6. The van der Waals surface area contributed by atoms with E-state index >= 15 is 0 Å². The van der Waals surface area contributed by atoms with Crippen LogP contribution >= 0.6 is 11.6 Å². The molecule has 4 heterocycles. The van der Waals surface area contributed by atoms with Crippen LogP contribution in [0, 0.1) is 0 Å². The highest BCUT2D eigenvalue weighted by Gasteiger charge is 2.32. The average molecular weight is 680 g/mol. The number of carbonyl (C=O) groups excluding carboxylic acids is 2. The Morgan fingerprint density at radius 2 is 1.89 bits per heavy atom. The van der Waals surface area contributed by atoms with Gasteiger partial charge in [-0.1, -0.05) is 24.6 Å². The Morgan fingerprint density at radius 3 is 2.53 bits per heavy atom. The van der Waals surface area contributed by atoms with Crippen LogP contribution in [0.5, 0.6) is 0 Å². The molecule has 2 amide bonds. The van der Waals surface area contributed by atoms with Crippen molar-refractivity contribution in [3.05, 3.63) is 56.7 Å². The number of nitrogens with zero attached hydrogens (tertiary/aromatic N) is 6. The van der Waals surface area contributed by atoms with Gasteiger partial charge in [0.1, 0.15) is 17.8 Å². The minimum Gasteiger partial charge on any atom is -0.444 e. The lowest BCUT2D eigenvalue weighted by atomic mass is 10.1. The van der Waals surface area contributed by atoms with E-state index in [9.17, 15) is 27.6 Å². The summed E-state index contributed by atoms with van der Waals surface area (Å²) in [6.07, 6.45) is -1.76. The van der Waals surface area contributed by atoms with Crippen LogP contribution in [-0.2, 0) is 33.4 Å². The van der Waals surface area contributed by atoms with Gasteiger partial charge in [0.25, 0.3) is 5.56 Å². The van der Waals surface area contributed by atoms with Crippen LogP contribution in [0.15, 0.2) is 29.1 Å². The molecule has 2 aliphatic heterocycles. The van der Waals surface area contributed by atoms with Crippen LogP contribution in [0.25, 0.3) is 11.4 Å². The number of halogens is 4. The number of hydrogen-bond acceptors (Lipinski definition) is 8. The number of alkyl halides is 3. The summed E-state index contributed by atoms with van der Waals surface area (Å²) in [6.45, 7) is 9.25. The molecule has 47 heavy (non-hydrogen) atoms. The molecule has 16 heteroatoms. The maximum atomic E-state index is 14.2. The molecule has 2 aromatic heterocycles. The highest BCUT2D eigenvalue weighted by atomic mass is 35.5. The number of rotatable bonds is 6. The molecule has 0 unspecified atom stereocenters. The average Bonchev–Trinajstić information content (AvgIpc) is 3.31. The molecular weight excluding hydrogens is 643 g/mol. The van der Waals surface area contributed by atoms with Gasteiger partial charge in [-0.05, 0) is 63.8 Å². The SMILES string of the molecule is CCc1c(N2CCCN(C(=O)OC(C)(C)C)CC2)c(=O)n2nc(C3=CCOCC3)nc2n1CC(=O)Nc1ccc(C(F)(F)F)cc1Cl. The van der Waals surface area contributed by atoms with Crippen LogP contribution in [0.4, 0.5) is 29.3 Å². The number of anilines is 2. The van der Waals surface area contributed by atoms with Crippen molar-refractivity contribution in [2.45, 2.75) is 65.3 Å². The second-order valence-electron chi connectivity index (χ2n) is 12.3. The smallest absolute Gasteiger partial charge is 0.416 e. The highest BCUT2D eigenvalue weighted by molar-refractivity contribution is 6.33. The fourth-order valence-corrected chi connectivity index (χ4v) is 5.80. The largest absolute Gasteiger partial charge is 0.444 e. The summed E-state index contributed by atoms with van der Waals surface area (Å²) in [5.41, 5.74) is -0.380. The first kappa shape index (κ1) is 34.2. The first-order chi connectivity index (χ1) is 22.2. The van der Waals surface area contributed by atoms with Gasteiger partial charge in [0.15, 0.2) is 5.82 Å². The Balaban J connectivity index is 1.53. The van der Waals surface area contributed by atoms with Gasteiger partial charge in [0.2, 0.25) is 11.7 Å². The number of amides is 2. The minimum atomic E-state index is -4.59. The van der Waals surface area contributed by atoms with Crippen molar-refractivity contribution in [2.24, 2.45) is 0 Å². The molecule has 1 N–H and O–H groups in total. The lowest BCUT2D eigenvalue weighted by Gasteiger charge is -2.28. The number of fused-ring (bicyclic) bond motifs is 1. The third-order valence-corrected chi connectivity index (χ3v) is 8.06. The molecule has 0 atom stereocenters. The van der Waals surface area contributed by atoms with Gasteiger partial charge < -0.3 is 29.2 Å². The maximum Gasteiger partial charge on any atom is 0.416 e. The molecule has 1 saturated heterocycles. The molecule has 1 aromatic carbocycles. The fourth-order valence-electron chi connectivity index (χ4n) is 5.57. The first-order valence-electron chi connectivity index (χ1n) is 15.4. The minimum absolute atomic E-state index is 0.00396. The van der Waals surface area contributed by atoms with E-state index in [2.05, 4.69) is 15.4 Å². The third-order valence-electron chi connectivity index (χ3n) is 7.75. The van der Waals surface area contributed by atoms with Crippen molar-refractivity contribution >= 4 is 46.3 Å². The third kappa shape index (κ3) is 7.73. The van der Waals surface area contributed by atoms with Crippen molar-refractivity contribution in [1.82, 2.24) is 24.1 Å². The number of aromatic nitrogens is 4.